The van der Waals surface area contributed by atoms with Gasteiger partial charge in [-0.05, 0) is 255 Å². The largest absolute Gasteiger partial charge is 0.493 e. The van der Waals surface area contributed by atoms with E-state index in [1.165, 1.54) is 99.6 Å². The molecule has 0 aliphatic carbocycles. The average molecular weight is 2100 g/mol. The Bertz CT molecular complexity index is 8720. The second-order valence-electron chi connectivity index (χ2n) is 34.9. The van der Waals surface area contributed by atoms with Crippen molar-refractivity contribution >= 4 is 84.2 Å². The summed E-state index contributed by atoms with van der Waals surface area (Å²) in [6.45, 7) is -6.71. The first kappa shape index (κ1) is 74.8. The topological polar surface area (TPSA) is 489 Å². The van der Waals surface area contributed by atoms with Crippen LogP contribution in [0.4, 0.5) is 0 Å². The molecule has 5 unspecified atom stereocenters. The second kappa shape index (κ2) is 49.9. The summed E-state index contributed by atoms with van der Waals surface area (Å²) in [4.78, 5) is 87.9. The number of sulfonamides is 4. The maximum Gasteiger partial charge on any atom is 0.277 e. The third-order valence-corrected chi connectivity index (χ3v) is 30.1. The van der Waals surface area contributed by atoms with Crippen molar-refractivity contribution in [1.29, 1.82) is 0 Å². The molecule has 4 aromatic carbocycles. The summed E-state index contributed by atoms with van der Waals surface area (Å²) in [7, 11) is -4.04. The van der Waals surface area contributed by atoms with Crippen LogP contribution in [0.25, 0.3) is 89.7 Å². The lowest BCUT2D eigenvalue weighted by molar-refractivity contribution is 0.297. The minimum Gasteiger partial charge on any atom is -0.493 e. The molecule has 0 bridgehead atoms. The van der Waals surface area contributed by atoms with Crippen molar-refractivity contribution < 1.29 is 95.1 Å². The van der Waals surface area contributed by atoms with Gasteiger partial charge in [0, 0.05) is 121 Å². The van der Waals surface area contributed by atoms with Crippen LogP contribution >= 0.6 is 0 Å². The maximum atomic E-state index is 13.4. The molecule has 0 saturated carbocycles. The van der Waals surface area contributed by atoms with Crippen molar-refractivity contribution in [3.8, 4) is 68.5 Å². The van der Waals surface area contributed by atoms with Crippen LogP contribution in [-0.4, -0.2) is 263 Å². The molecular weight excluding hydrogens is 1920 g/mol. The minimum atomic E-state index is -4.47. The Morgan fingerprint density at radius 2 is 0.632 bits per heavy atom. The molecule has 8 aromatic heterocycles. The molecule has 144 heavy (non-hydrogen) atoms. The highest BCUT2D eigenvalue weighted by Gasteiger charge is 2.32. The van der Waals surface area contributed by atoms with Crippen LogP contribution in [-0.2, 0) is 93.8 Å². The average Bonchev–Trinajstić information content (AvgIpc) is 1.59. The molecular formula is C100H144N24O16S4. The normalized spacial score (nSPS) is 21.4. The summed E-state index contributed by atoms with van der Waals surface area (Å²) in [6, 6.07) is 15.6. The van der Waals surface area contributed by atoms with Gasteiger partial charge in [-0.25, -0.2) is 72.5 Å². The van der Waals surface area contributed by atoms with Crippen LogP contribution in [0.1, 0.15) is 249 Å². The lowest BCUT2D eigenvalue weighted by Gasteiger charge is -2.19. The van der Waals surface area contributed by atoms with Crippen LogP contribution in [0.15, 0.2) is 112 Å². The van der Waals surface area contributed by atoms with Crippen LogP contribution < -0.4 is 60.1 Å². The van der Waals surface area contributed by atoms with Crippen molar-refractivity contribution in [3.63, 3.8) is 0 Å². The predicted molar refractivity (Wildman–Crippen MR) is 559 cm³/mol. The standard InChI is InChI=1S/4C25H36N6O4S/c4*1-5-8-20-22-23(31(4)29-20)25(32)28-24(27-22)19-16-18(10-11-21(19)35-15-6-2)36(33,34)26-13-12-17-9-7-14-30(17)3/h4*10-11,16-17,26H,5-9,12-15H2,1-4H3,(H,27,28,32)/i1D3,5D2,8D2,13D2;1D3,5D2,8D2,13D;1D3,5D2,13D2;1D3,5D2,8D2. The second-order valence-corrected chi connectivity index (χ2v) is 41.7. The highest BCUT2D eigenvalue weighted by molar-refractivity contribution is 7.90. The Balaban J connectivity index is 0.000000190. The first-order valence-corrected chi connectivity index (χ1v) is 53.0. The summed E-state index contributed by atoms with van der Waals surface area (Å²) >= 11 is 0. The van der Waals surface area contributed by atoms with Gasteiger partial charge >= 0.3 is 0 Å². The molecule has 40 nitrogen and oxygen atoms in total. The van der Waals surface area contributed by atoms with E-state index in [1.54, 1.807) is 0 Å². The number of aryl methyl sites for hydroxylation is 8. The highest BCUT2D eigenvalue weighted by atomic mass is 32.2. The number of ether oxygens (including phenoxy) is 4. The van der Waals surface area contributed by atoms with Gasteiger partial charge in [0.2, 0.25) is 40.1 Å². The molecule has 5 atom stereocenters. The third kappa shape index (κ3) is 26.5. The number of fused-ring (bicyclic) bond motifs is 4. The van der Waals surface area contributed by atoms with E-state index in [2.05, 4.69) is 89.0 Å². The molecule has 12 heterocycles. The Hall–Kier alpha value is -11.0. The first-order chi connectivity index (χ1) is 80.7. The van der Waals surface area contributed by atoms with Gasteiger partial charge in [0.1, 0.15) is 68.4 Å². The number of aromatic nitrogens is 16. The first-order valence-electron chi connectivity index (χ1n) is 62.6. The zero-order valence-electron chi connectivity index (χ0n) is 113. The molecule has 4 aliphatic rings. The van der Waals surface area contributed by atoms with Crippen molar-refractivity contribution in [2.75, 3.05) is 107 Å². The minimum absolute atomic E-state index is 0.0200. The van der Waals surface area contributed by atoms with E-state index in [0.29, 0.717) is 38.5 Å². The number of likely N-dealkylation sites (tertiary alicyclic amines) is 4. The monoisotopic (exact) mass is 2100 g/mol. The van der Waals surface area contributed by atoms with Gasteiger partial charge in [0.05, 0.1) is 91.0 Å². The number of hydrogen-bond donors (Lipinski definition) is 8. The van der Waals surface area contributed by atoms with Crippen molar-refractivity contribution in [2.24, 2.45) is 28.2 Å². The van der Waals surface area contributed by atoms with Gasteiger partial charge in [0.25, 0.3) is 22.2 Å². The number of H-pyrrole nitrogens is 4. The van der Waals surface area contributed by atoms with E-state index in [9.17, 15) is 52.8 Å². The number of aromatic amines is 4. The van der Waals surface area contributed by atoms with Crippen LogP contribution in [0.3, 0.4) is 0 Å². The quantitative estimate of drug-likeness (QED) is 0.0176. The van der Waals surface area contributed by atoms with Gasteiger partial charge in [0.15, 0.2) is 22.1 Å². The lowest BCUT2D eigenvalue weighted by atomic mass is 10.1. The molecule has 4 fully saturated rings. The number of nitrogens with one attached hydrogen (secondary N) is 8. The SMILES string of the molecule is [2H]C(CC1CCCN1C)NS(=O)(=O)c1ccc(OCCC)c(-c2nc3c(C([2H])([2H])C([2H])([2H])C([2H])([2H])[2H])nn(C)c3c(=O)[nH]2)c1.[2H]C([2H])(CC1CCCN1C)NS(=O)(=O)c1ccc(OCCC)c(-c2nc3c(C([2H])([2H])C([2H])([2H])C([2H])([2H])[2H])nn(C)c3c(=O)[nH]2)c1.[2H]C([2H])(CC1CCCN1C)NS(=O)(=O)c1ccc(OCCC)c(-c2nc3c(CC([2H])([2H])C([2H])([2H])[2H])nn(C)c3c(=O)[nH]2)c1.[2H]C([2H])([2H])C([2H])([2H])C([2H])([2H])c1nn(C)c2c(=O)[nH]c(-c3cc(S(=O)(=O)NCCC4CCCN4C)ccc3OCCC)nc12. The number of hydrogen-bond acceptors (Lipinski definition) is 28. The molecule has 4 saturated heterocycles. The molecule has 784 valence electrons. The van der Waals surface area contributed by atoms with Crippen molar-refractivity contribution in [2.45, 2.75) is 253 Å². The molecule has 16 rings (SSSR count). The molecule has 8 N–H and O–H groups in total. The number of benzene rings is 4. The molecule has 12 aromatic rings. The molecule has 0 spiro atoms. The summed E-state index contributed by atoms with van der Waals surface area (Å²) in [5.74, 6) is -0.183. The molecule has 0 radical (unpaired) electrons. The van der Waals surface area contributed by atoms with E-state index in [4.69, 9.17) is 61.4 Å². The molecule has 4 aliphatic heterocycles. The summed E-state index contributed by atoms with van der Waals surface area (Å²) in [6.07, 6.45) is -12.8. The van der Waals surface area contributed by atoms with E-state index < -0.39 is 188 Å². The van der Waals surface area contributed by atoms with Gasteiger partial charge in [-0.2, -0.15) is 20.4 Å². The fraction of sp³-hybridized carbons (Fsp3) is 0.560. The van der Waals surface area contributed by atoms with Gasteiger partial charge in [-0.1, -0.05) is 80.6 Å². The van der Waals surface area contributed by atoms with Crippen LogP contribution in [0.2, 0.25) is 0 Å². The summed E-state index contributed by atoms with van der Waals surface area (Å²) < 4.78 is 391. The van der Waals surface area contributed by atoms with E-state index >= 15 is 0 Å². The Labute approximate surface area is 886 Å². The van der Waals surface area contributed by atoms with Crippen LogP contribution in [0, 0.1) is 0 Å². The number of rotatable bonds is 44. The van der Waals surface area contributed by atoms with E-state index in [-0.39, 0.29) is 197 Å². The lowest BCUT2D eigenvalue weighted by Crippen LogP contribution is -2.31. The van der Waals surface area contributed by atoms with Crippen molar-refractivity contribution in [3.05, 3.63) is 137 Å². The third-order valence-electron chi connectivity index (χ3n) is 24.7. The Morgan fingerprint density at radius 1 is 0.361 bits per heavy atom. The Kier molecular flexibility index (Phi) is 25.9. The smallest absolute Gasteiger partial charge is 0.277 e. The zero-order chi connectivity index (χ0) is 130. The van der Waals surface area contributed by atoms with Gasteiger partial charge in [-0.15, -0.1) is 0 Å². The maximum absolute atomic E-state index is 13.4. The highest BCUT2D eigenvalue weighted by Crippen LogP contribution is 2.38. The zero-order valence-corrected chi connectivity index (χ0v) is 85.3. The van der Waals surface area contributed by atoms with Crippen LogP contribution in [0.5, 0.6) is 23.0 Å². The van der Waals surface area contributed by atoms with Crippen molar-refractivity contribution in [1.82, 2.24) is 117 Å². The Morgan fingerprint density at radius 3 is 0.917 bits per heavy atom. The predicted octanol–water partition coefficient (Wildman–Crippen LogP) is 11.3. The number of nitrogens with zero attached hydrogens (tertiary/aromatic N) is 16. The fourth-order valence-electron chi connectivity index (χ4n) is 17.3. The molecule has 0 amide bonds. The fourth-order valence-corrected chi connectivity index (χ4v) is 21.1. The van der Waals surface area contributed by atoms with E-state index in [0.717, 1.165) is 97.7 Å². The molecule has 44 heteroatoms. The van der Waals surface area contributed by atoms with E-state index in [1.807, 2.05) is 65.7 Å². The summed E-state index contributed by atoms with van der Waals surface area (Å²) in [5, 5.41) is 16.0. The summed E-state index contributed by atoms with van der Waals surface area (Å²) in [5.41, 5.74) is -7.14. The van der Waals surface area contributed by atoms with Gasteiger partial charge in [-0.3, -0.25) is 37.9 Å². The van der Waals surface area contributed by atoms with Gasteiger partial charge < -0.3 is 58.5 Å².